The summed E-state index contributed by atoms with van der Waals surface area (Å²) < 4.78 is 11.3. The van der Waals surface area contributed by atoms with Crippen LogP contribution in [-0.2, 0) is 19.1 Å². The van der Waals surface area contributed by atoms with Crippen LogP contribution in [0.25, 0.3) is 0 Å². The Hall–Kier alpha value is -1.40. The number of hydrogen-bond donors (Lipinski definition) is 2. The van der Waals surface area contributed by atoms with Crippen LogP contribution in [-0.4, -0.2) is 46.6 Å². The SMILES string of the molecule is CCO[C@]12C=C[C@](OCC)(CC1)[C@H](C(=O)O)[C@H]2C(=O)O. The molecule has 20 heavy (non-hydrogen) atoms. The van der Waals surface area contributed by atoms with Gasteiger partial charge in [-0.05, 0) is 26.7 Å². The molecule has 6 nitrogen and oxygen atoms in total. The van der Waals surface area contributed by atoms with E-state index in [-0.39, 0.29) is 0 Å². The number of carboxylic acids is 2. The van der Waals surface area contributed by atoms with Crippen molar-refractivity contribution in [3.8, 4) is 0 Å². The van der Waals surface area contributed by atoms with Crippen molar-refractivity contribution in [1.82, 2.24) is 0 Å². The van der Waals surface area contributed by atoms with Crippen LogP contribution in [0.1, 0.15) is 26.7 Å². The van der Waals surface area contributed by atoms with Gasteiger partial charge < -0.3 is 19.7 Å². The van der Waals surface area contributed by atoms with Crippen LogP contribution in [0.15, 0.2) is 12.2 Å². The number of carboxylic acid groups (broad SMARTS) is 2. The van der Waals surface area contributed by atoms with Crippen molar-refractivity contribution in [3.05, 3.63) is 12.2 Å². The Kier molecular flexibility index (Phi) is 3.88. The highest BCUT2D eigenvalue weighted by molar-refractivity contribution is 5.84. The molecule has 3 rings (SSSR count). The van der Waals surface area contributed by atoms with Gasteiger partial charge in [-0.25, -0.2) is 0 Å². The monoisotopic (exact) mass is 284 g/mol. The van der Waals surface area contributed by atoms with E-state index in [1.54, 1.807) is 26.0 Å². The average Bonchev–Trinajstić information content (AvgIpc) is 2.39. The zero-order valence-electron chi connectivity index (χ0n) is 11.7. The highest BCUT2D eigenvalue weighted by Crippen LogP contribution is 2.53. The van der Waals surface area contributed by atoms with Gasteiger partial charge in [0.15, 0.2) is 0 Å². The van der Waals surface area contributed by atoms with Crippen LogP contribution in [0.5, 0.6) is 0 Å². The normalized spacial score (nSPS) is 38.9. The first-order valence-corrected chi connectivity index (χ1v) is 6.86. The van der Waals surface area contributed by atoms with Crippen molar-refractivity contribution in [2.24, 2.45) is 11.8 Å². The van der Waals surface area contributed by atoms with Crippen LogP contribution in [0.4, 0.5) is 0 Å². The molecule has 1 fully saturated rings. The lowest BCUT2D eigenvalue weighted by molar-refractivity contribution is -0.206. The van der Waals surface area contributed by atoms with E-state index in [4.69, 9.17) is 9.47 Å². The van der Waals surface area contributed by atoms with E-state index in [2.05, 4.69) is 0 Å². The summed E-state index contributed by atoms with van der Waals surface area (Å²) in [5.74, 6) is -4.58. The fourth-order valence-electron chi connectivity index (χ4n) is 3.58. The Morgan fingerprint density at radius 3 is 1.55 bits per heavy atom. The maximum absolute atomic E-state index is 11.7. The predicted octanol–water partition coefficient (Wildman–Crippen LogP) is 1.30. The van der Waals surface area contributed by atoms with Crippen molar-refractivity contribution < 1.29 is 29.3 Å². The van der Waals surface area contributed by atoms with Crippen LogP contribution in [0.3, 0.4) is 0 Å². The highest BCUT2D eigenvalue weighted by atomic mass is 16.5. The minimum Gasteiger partial charge on any atom is -0.481 e. The first-order chi connectivity index (χ1) is 9.42. The maximum atomic E-state index is 11.7. The van der Waals surface area contributed by atoms with Gasteiger partial charge in [-0.3, -0.25) is 9.59 Å². The molecular weight excluding hydrogens is 264 g/mol. The summed E-state index contributed by atoms with van der Waals surface area (Å²) in [6, 6.07) is 0. The summed E-state index contributed by atoms with van der Waals surface area (Å²) in [5.41, 5.74) is -2.08. The zero-order chi connectivity index (χ0) is 15.0. The highest BCUT2D eigenvalue weighted by Gasteiger charge is 2.64. The molecule has 3 aliphatic rings. The molecule has 0 radical (unpaired) electrons. The second kappa shape index (κ2) is 5.18. The van der Waals surface area contributed by atoms with E-state index in [0.29, 0.717) is 26.1 Å². The number of rotatable bonds is 6. The molecule has 0 aromatic heterocycles. The van der Waals surface area contributed by atoms with Crippen molar-refractivity contribution in [2.45, 2.75) is 37.9 Å². The molecule has 0 saturated heterocycles. The van der Waals surface area contributed by atoms with Gasteiger partial charge in [0.25, 0.3) is 0 Å². The third-order valence-electron chi connectivity index (χ3n) is 4.30. The first-order valence-electron chi connectivity index (χ1n) is 6.86. The standard InChI is InChI=1S/C14H20O6/c1-3-19-13-5-7-14(8-6-13,20-4-2)10(12(17)18)9(13)11(15)16/h5,7,9-10H,3-4,6,8H2,1-2H3,(H,15,16)(H,17,18)/t9-,10-,13-,14+/m0/s1. The van der Waals surface area contributed by atoms with Crippen LogP contribution in [0, 0.1) is 11.8 Å². The second-order valence-electron chi connectivity index (χ2n) is 5.24. The summed E-state index contributed by atoms with van der Waals surface area (Å²) in [7, 11) is 0. The van der Waals surface area contributed by atoms with Gasteiger partial charge in [-0.1, -0.05) is 12.2 Å². The van der Waals surface area contributed by atoms with E-state index in [9.17, 15) is 19.8 Å². The van der Waals surface area contributed by atoms with Crippen LogP contribution < -0.4 is 0 Å². The number of hydrogen-bond acceptors (Lipinski definition) is 4. The smallest absolute Gasteiger partial charge is 0.310 e. The Bertz CT molecular complexity index is 405. The van der Waals surface area contributed by atoms with E-state index < -0.39 is 35.0 Å². The number of fused-ring (bicyclic) bond motifs is 2. The summed E-state index contributed by atoms with van der Waals surface area (Å²) >= 11 is 0. The van der Waals surface area contributed by atoms with Gasteiger partial charge in [-0.15, -0.1) is 0 Å². The molecule has 6 heteroatoms. The van der Waals surface area contributed by atoms with E-state index in [1.165, 1.54) is 0 Å². The Labute approximate surface area is 117 Å². The van der Waals surface area contributed by atoms with Gasteiger partial charge in [0.1, 0.15) is 23.0 Å². The molecule has 1 saturated carbocycles. The molecule has 2 N–H and O–H groups in total. The molecule has 4 atom stereocenters. The van der Waals surface area contributed by atoms with Gasteiger partial charge >= 0.3 is 11.9 Å². The minimum atomic E-state index is -1.15. The topological polar surface area (TPSA) is 93.1 Å². The molecule has 3 aliphatic carbocycles. The quantitative estimate of drug-likeness (QED) is 0.714. The Morgan fingerprint density at radius 1 is 1.00 bits per heavy atom. The van der Waals surface area contributed by atoms with Crippen LogP contribution in [0.2, 0.25) is 0 Å². The lowest BCUT2D eigenvalue weighted by Gasteiger charge is -2.54. The molecule has 0 aromatic carbocycles. The molecule has 112 valence electrons. The minimum absolute atomic E-state index is 0.335. The summed E-state index contributed by atoms with van der Waals surface area (Å²) in [6.45, 7) is 4.22. The lowest BCUT2D eigenvalue weighted by Crippen LogP contribution is -2.65. The van der Waals surface area contributed by atoms with Gasteiger partial charge in [0, 0.05) is 13.2 Å². The molecule has 0 unspecified atom stereocenters. The van der Waals surface area contributed by atoms with Crippen molar-refractivity contribution in [2.75, 3.05) is 13.2 Å². The summed E-state index contributed by atoms with van der Waals surface area (Å²) in [5, 5.41) is 19.0. The second-order valence-corrected chi connectivity index (χ2v) is 5.24. The van der Waals surface area contributed by atoms with Crippen molar-refractivity contribution in [1.29, 1.82) is 0 Å². The molecule has 0 aromatic rings. The predicted molar refractivity (Wildman–Crippen MR) is 69.3 cm³/mol. The molecule has 0 heterocycles. The van der Waals surface area contributed by atoms with E-state index in [0.717, 1.165) is 0 Å². The molecule has 0 amide bonds. The summed E-state index contributed by atoms with van der Waals surface area (Å²) in [4.78, 5) is 23.3. The maximum Gasteiger partial charge on any atom is 0.310 e. The molecular formula is C14H20O6. The van der Waals surface area contributed by atoms with E-state index in [1.807, 2.05) is 0 Å². The van der Waals surface area contributed by atoms with Crippen LogP contribution >= 0.6 is 0 Å². The Balaban J connectivity index is 2.53. The first kappa shape index (κ1) is 15.0. The van der Waals surface area contributed by atoms with Gasteiger partial charge in [0.05, 0.1) is 0 Å². The average molecular weight is 284 g/mol. The Morgan fingerprint density at radius 2 is 1.35 bits per heavy atom. The van der Waals surface area contributed by atoms with Gasteiger partial charge in [0.2, 0.25) is 0 Å². The molecule has 0 spiro atoms. The summed E-state index contributed by atoms with van der Waals surface area (Å²) in [6.07, 6.45) is 4.29. The number of aliphatic carboxylic acids is 2. The fraction of sp³-hybridized carbons (Fsp3) is 0.714. The van der Waals surface area contributed by atoms with Crippen molar-refractivity contribution in [3.63, 3.8) is 0 Å². The third kappa shape index (κ3) is 2.03. The largest absolute Gasteiger partial charge is 0.481 e. The zero-order valence-corrected chi connectivity index (χ0v) is 11.7. The van der Waals surface area contributed by atoms with Crippen molar-refractivity contribution >= 4 is 11.9 Å². The molecule has 0 aliphatic heterocycles. The molecule has 2 bridgehead atoms. The fourth-order valence-corrected chi connectivity index (χ4v) is 3.58. The number of ether oxygens (including phenoxy) is 2. The lowest BCUT2D eigenvalue weighted by atomic mass is 9.57. The number of carbonyl (C=O) groups is 2. The van der Waals surface area contributed by atoms with E-state index >= 15 is 0 Å². The van der Waals surface area contributed by atoms with Gasteiger partial charge in [-0.2, -0.15) is 0 Å². The third-order valence-corrected chi connectivity index (χ3v) is 4.30.